The maximum absolute atomic E-state index is 12.4. The summed E-state index contributed by atoms with van der Waals surface area (Å²) < 4.78 is 11.7. The van der Waals surface area contributed by atoms with Crippen LogP contribution in [0.1, 0.15) is 12.8 Å². The molecule has 2 saturated heterocycles. The summed E-state index contributed by atoms with van der Waals surface area (Å²) in [6.07, 6.45) is 2.04. The molecule has 2 heterocycles. The van der Waals surface area contributed by atoms with Crippen molar-refractivity contribution in [3.8, 4) is 5.75 Å². The summed E-state index contributed by atoms with van der Waals surface area (Å²) in [6.45, 7) is 2.95. The number of piperidine rings is 1. The van der Waals surface area contributed by atoms with Gasteiger partial charge in [0, 0.05) is 44.9 Å². The van der Waals surface area contributed by atoms with E-state index in [2.05, 4.69) is 4.90 Å². The van der Waals surface area contributed by atoms with Crippen molar-refractivity contribution in [3.63, 3.8) is 0 Å². The van der Waals surface area contributed by atoms with Crippen LogP contribution in [0.4, 0.5) is 0 Å². The van der Waals surface area contributed by atoms with E-state index in [9.17, 15) is 4.79 Å². The third-order valence-corrected chi connectivity index (χ3v) is 5.12. The molecular weight excluding hydrogens is 328 g/mol. The van der Waals surface area contributed by atoms with Crippen molar-refractivity contribution in [2.45, 2.75) is 25.0 Å². The van der Waals surface area contributed by atoms with Crippen LogP contribution < -0.4 is 4.74 Å². The number of carbonyl (C=O) groups excluding carboxylic acids is 1. The van der Waals surface area contributed by atoms with E-state index in [4.69, 9.17) is 21.1 Å². The average Bonchev–Trinajstić information content (AvgIpc) is 3.04. The van der Waals surface area contributed by atoms with Gasteiger partial charge in [0.15, 0.2) is 0 Å². The molecule has 2 aliphatic heterocycles. The molecule has 1 amide bonds. The lowest BCUT2D eigenvalue weighted by Gasteiger charge is -2.40. The molecule has 0 N–H and O–H groups in total. The van der Waals surface area contributed by atoms with Gasteiger partial charge in [0.25, 0.3) is 0 Å². The molecule has 1 aromatic carbocycles. The van der Waals surface area contributed by atoms with Crippen LogP contribution in [0.25, 0.3) is 0 Å². The molecule has 0 spiro atoms. The Labute approximate surface area is 148 Å². The second-order valence-corrected chi connectivity index (χ2v) is 7.16. The summed E-state index contributed by atoms with van der Waals surface area (Å²) in [5, 5.41) is 0.703. The van der Waals surface area contributed by atoms with Crippen molar-refractivity contribution in [1.29, 1.82) is 0 Å². The van der Waals surface area contributed by atoms with Gasteiger partial charge in [-0.1, -0.05) is 11.6 Å². The van der Waals surface area contributed by atoms with Crippen LogP contribution in [0.5, 0.6) is 5.75 Å². The summed E-state index contributed by atoms with van der Waals surface area (Å²) in [5.74, 6) is 1.01. The Morgan fingerprint density at radius 2 is 2.12 bits per heavy atom. The largest absolute Gasteiger partial charge is 0.492 e. The van der Waals surface area contributed by atoms with Crippen LogP contribution in [0.2, 0.25) is 5.02 Å². The summed E-state index contributed by atoms with van der Waals surface area (Å²) in [6, 6.07) is 7.80. The zero-order valence-corrected chi connectivity index (χ0v) is 15.0. The van der Waals surface area contributed by atoms with Gasteiger partial charge in [0.1, 0.15) is 12.4 Å². The predicted molar refractivity (Wildman–Crippen MR) is 93.5 cm³/mol. The molecule has 0 bridgehead atoms. The predicted octanol–water partition coefficient (Wildman–Crippen LogP) is 2.29. The first kappa shape index (κ1) is 17.5. The topological polar surface area (TPSA) is 42.0 Å². The number of amides is 1. The molecular formula is C18H25ClN2O3. The van der Waals surface area contributed by atoms with Crippen LogP contribution in [0.3, 0.4) is 0 Å². The van der Waals surface area contributed by atoms with Gasteiger partial charge in [0.2, 0.25) is 5.91 Å². The minimum Gasteiger partial charge on any atom is -0.492 e. The Hall–Kier alpha value is -1.30. The minimum absolute atomic E-state index is 0.00915. The minimum atomic E-state index is 0.00915. The van der Waals surface area contributed by atoms with Crippen molar-refractivity contribution >= 4 is 17.5 Å². The molecule has 3 rings (SSSR count). The normalized spacial score (nSPS) is 26.9. The van der Waals surface area contributed by atoms with Crippen molar-refractivity contribution in [2.24, 2.45) is 5.92 Å². The first-order valence-corrected chi connectivity index (χ1v) is 8.87. The number of fused-ring (bicyclic) bond motifs is 1. The highest BCUT2D eigenvalue weighted by Gasteiger charge is 2.42. The molecule has 0 saturated carbocycles. The first-order chi connectivity index (χ1) is 11.5. The zero-order valence-electron chi connectivity index (χ0n) is 14.3. The second-order valence-electron chi connectivity index (χ2n) is 6.73. The van der Waals surface area contributed by atoms with Gasteiger partial charge in [-0.15, -0.1) is 0 Å². The fraction of sp³-hybridized carbons (Fsp3) is 0.611. The Kier molecular flexibility index (Phi) is 5.64. The van der Waals surface area contributed by atoms with Gasteiger partial charge in [-0.25, -0.2) is 0 Å². The molecule has 5 nitrogen and oxygen atoms in total. The monoisotopic (exact) mass is 352 g/mol. The Morgan fingerprint density at radius 1 is 1.38 bits per heavy atom. The molecule has 1 aromatic rings. The summed E-state index contributed by atoms with van der Waals surface area (Å²) in [5.41, 5.74) is 0. The zero-order chi connectivity index (χ0) is 17.1. The molecule has 2 aliphatic rings. The van der Waals surface area contributed by atoms with Crippen LogP contribution >= 0.6 is 11.6 Å². The van der Waals surface area contributed by atoms with Gasteiger partial charge in [0.05, 0.1) is 12.0 Å². The van der Waals surface area contributed by atoms with Crippen molar-refractivity contribution in [3.05, 3.63) is 29.3 Å². The summed E-state index contributed by atoms with van der Waals surface area (Å²) in [4.78, 5) is 16.4. The Bertz CT molecular complexity index is 564. The van der Waals surface area contributed by atoms with Crippen LogP contribution in [0, 0.1) is 5.92 Å². The molecule has 0 aromatic heterocycles. The summed E-state index contributed by atoms with van der Waals surface area (Å²) >= 11 is 5.89. The fourth-order valence-corrected chi connectivity index (χ4v) is 3.79. The van der Waals surface area contributed by atoms with E-state index in [-0.39, 0.29) is 17.9 Å². The van der Waals surface area contributed by atoms with Crippen molar-refractivity contribution in [1.82, 2.24) is 9.80 Å². The molecule has 6 heteroatoms. The highest BCUT2D eigenvalue weighted by Crippen LogP contribution is 2.31. The van der Waals surface area contributed by atoms with Gasteiger partial charge in [-0.2, -0.15) is 0 Å². The van der Waals surface area contributed by atoms with E-state index in [0.29, 0.717) is 17.7 Å². The summed E-state index contributed by atoms with van der Waals surface area (Å²) in [7, 11) is 3.63. The maximum atomic E-state index is 12.4. The number of benzene rings is 1. The smallest absolute Gasteiger partial charge is 0.226 e. The van der Waals surface area contributed by atoms with Gasteiger partial charge in [-0.05, 0) is 37.1 Å². The number of nitrogens with zero attached hydrogens (tertiary/aromatic N) is 2. The van der Waals surface area contributed by atoms with Crippen LogP contribution in [0.15, 0.2) is 24.3 Å². The molecule has 0 unspecified atom stereocenters. The Morgan fingerprint density at radius 3 is 2.83 bits per heavy atom. The number of carbonyl (C=O) groups is 1. The highest BCUT2D eigenvalue weighted by molar-refractivity contribution is 6.30. The van der Waals surface area contributed by atoms with E-state index in [1.807, 2.05) is 38.4 Å². The van der Waals surface area contributed by atoms with Crippen LogP contribution in [-0.2, 0) is 9.53 Å². The standard InChI is InChI=1S/C18H25ClN2O3/c1-20(2)18(22)13-11-17-16(7-9-24-17)21(12-13)8-10-23-15-5-3-14(19)4-6-15/h3-6,13,16-17H,7-12H2,1-2H3/t13-,16-,17-/m1/s1. The molecule has 3 atom stereocenters. The molecule has 0 aliphatic carbocycles. The molecule has 24 heavy (non-hydrogen) atoms. The van der Waals surface area contributed by atoms with Crippen molar-refractivity contribution in [2.75, 3.05) is 40.4 Å². The molecule has 0 radical (unpaired) electrons. The first-order valence-electron chi connectivity index (χ1n) is 8.50. The molecule has 2 fully saturated rings. The number of likely N-dealkylation sites (tertiary alicyclic amines) is 1. The van der Waals surface area contributed by atoms with E-state index in [1.54, 1.807) is 4.90 Å². The number of hydrogen-bond donors (Lipinski definition) is 0. The maximum Gasteiger partial charge on any atom is 0.226 e. The number of halogens is 1. The van der Waals surface area contributed by atoms with Gasteiger partial charge < -0.3 is 14.4 Å². The van der Waals surface area contributed by atoms with E-state index in [1.165, 1.54) is 0 Å². The highest BCUT2D eigenvalue weighted by atomic mass is 35.5. The van der Waals surface area contributed by atoms with Crippen molar-refractivity contribution < 1.29 is 14.3 Å². The van der Waals surface area contributed by atoms with E-state index < -0.39 is 0 Å². The number of rotatable bonds is 5. The van der Waals surface area contributed by atoms with E-state index in [0.717, 1.165) is 38.3 Å². The lowest BCUT2D eigenvalue weighted by molar-refractivity contribution is -0.137. The van der Waals surface area contributed by atoms with Crippen LogP contribution in [-0.4, -0.2) is 68.3 Å². The van der Waals surface area contributed by atoms with Gasteiger partial charge in [-0.3, -0.25) is 9.69 Å². The number of ether oxygens (including phenoxy) is 2. The lowest BCUT2D eigenvalue weighted by atomic mass is 9.89. The Balaban J connectivity index is 1.57. The third kappa shape index (κ3) is 4.02. The average molecular weight is 353 g/mol. The third-order valence-electron chi connectivity index (χ3n) is 4.87. The second kappa shape index (κ2) is 7.72. The van der Waals surface area contributed by atoms with Gasteiger partial charge >= 0.3 is 0 Å². The molecule has 132 valence electrons. The van der Waals surface area contributed by atoms with E-state index >= 15 is 0 Å². The fourth-order valence-electron chi connectivity index (χ4n) is 3.67. The SMILES string of the molecule is CN(C)C(=O)[C@@H]1C[C@H]2OCC[C@H]2N(CCOc2ccc(Cl)cc2)C1. The number of hydrogen-bond acceptors (Lipinski definition) is 4. The lowest BCUT2D eigenvalue weighted by Crippen LogP contribution is -2.53. The quantitative estimate of drug-likeness (QED) is 0.815.